The summed E-state index contributed by atoms with van der Waals surface area (Å²) in [6.45, 7) is 7.24. The quantitative estimate of drug-likeness (QED) is 0.739. The van der Waals surface area contributed by atoms with E-state index in [4.69, 9.17) is 0 Å². The van der Waals surface area contributed by atoms with Crippen molar-refractivity contribution >= 4 is 23.1 Å². The third kappa shape index (κ3) is 3.90. The van der Waals surface area contributed by atoms with Crippen molar-refractivity contribution in [2.24, 2.45) is 0 Å². The van der Waals surface area contributed by atoms with Crippen molar-refractivity contribution in [3.63, 3.8) is 0 Å². The number of anilines is 1. The van der Waals surface area contributed by atoms with Crippen LogP contribution < -0.4 is 5.32 Å². The summed E-state index contributed by atoms with van der Waals surface area (Å²) in [7, 11) is 0. The lowest BCUT2D eigenvalue weighted by molar-refractivity contribution is -0.139. The molecule has 0 spiro atoms. The number of hydrogen-bond acceptors (Lipinski definition) is 3. The van der Waals surface area contributed by atoms with Crippen molar-refractivity contribution < 1.29 is 22.8 Å². The maximum Gasteiger partial charge on any atom is 0.416 e. The Balaban J connectivity index is 2.12. The van der Waals surface area contributed by atoms with Gasteiger partial charge in [-0.2, -0.15) is 13.2 Å². The van der Waals surface area contributed by atoms with Crippen LogP contribution in [0.15, 0.2) is 48.2 Å². The molecule has 0 unspecified atom stereocenters. The van der Waals surface area contributed by atoms with Gasteiger partial charge in [-0.25, -0.2) is 0 Å². The Morgan fingerprint density at radius 1 is 0.931 bits per heavy atom. The van der Waals surface area contributed by atoms with Crippen LogP contribution in [0.4, 0.5) is 18.9 Å². The van der Waals surface area contributed by atoms with Gasteiger partial charge >= 0.3 is 6.18 Å². The van der Waals surface area contributed by atoms with Crippen LogP contribution in [0.25, 0.3) is 5.57 Å². The number of nitrogens with one attached hydrogen (secondary N) is 1. The number of carbonyl (C=O) groups is 2. The van der Waals surface area contributed by atoms with Gasteiger partial charge in [0.2, 0.25) is 0 Å². The standard InChI is InChI=1S/C22H21F3N2O2/c1-12(2)27-20(28)18(15-9-8-13(3)14(4)10-15)19(21(27)29)26-17-7-5-6-16(11-17)22(23,24)25/h5-12,26H,1-4H3. The van der Waals surface area contributed by atoms with Gasteiger partial charge in [0, 0.05) is 11.7 Å². The molecule has 1 N–H and O–H groups in total. The molecule has 0 atom stereocenters. The first-order chi connectivity index (χ1) is 13.5. The summed E-state index contributed by atoms with van der Waals surface area (Å²) in [6, 6.07) is 9.53. The second kappa shape index (κ2) is 7.39. The van der Waals surface area contributed by atoms with E-state index < -0.39 is 29.6 Å². The van der Waals surface area contributed by atoms with E-state index in [0.29, 0.717) is 5.56 Å². The van der Waals surface area contributed by atoms with E-state index in [1.165, 1.54) is 12.1 Å². The second-order valence-electron chi connectivity index (χ2n) is 7.33. The van der Waals surface area contributed by atoms with Gasteiger partial charge in [0.05, 0.1) is 11.1 Å². The Bertz CT molecular complexity index is 1020. The lowest BCUT2D eigenvalue weighted by Crippen LogP contribution is -2.38. The zero-order valence-corrected chi connectivity index (χ0v) is 16.5. The summed E-state index contributed by atoms with van der Waals surface area (Å²) >= 11 is 0. The van der Waals surface area contributed by atoms with Gasteiger partial charge in [0.15, 0.2) is 0 Å². The number of aryl methyl sites for hydroxylation is 2. The van der Waals surface area contributed by atoms with Gasteiger partial charge in [-0.05, 0) is 62.6 Å². The maximum absolute atomic E-state index is 13.0. The number of halogens is 3. The first kappa shape index (κ1) is 20.6. The van der Waals surface area contributed by atoms with Crippen LogP contribution in [-0.2, 0) is 15.8 Å². The summed E-state index contributed by atoms with van der Waals surface area (Å²) in [5.41, 5.74) is 1.90. The first-order valence-electron chi connectivity index (χ1n) is 9.14. The molecule has 152 valence electrons. The smallest absolute Gasteiger partial charge is 0.350 e. The van der Waals surface area contributed by atoms with Gasteiger partial charge in [-0.1, -0.05) is 24.3 Å². The number of benzene rings is 2. The van der Waals surface area contributed by atoms with Crippen molar-refractivity contribution in [3.8, 4) is 0 Å². The number of alkyl halides is 3. The molecule has 0 fully saturated rings. The molecule has 0 aliphatic carbocycles. The third-order valence-electron chi connectivity index (χ3n) is 4.89. The molecule has 7 heteroatoms. The Hall–Kier alpha value is -3.09. The number of imide groups is 1. The van der Waals surface area contributed by atoms with Crippen LogP contribution in [0, 0.1) is 13.8 Å². The van der Waals surface area contributed by atoms with E-state index in [-0.39, 0.29) is 17.0 Å². The summed E-state index contributed by atoms with van der Waals surface area (Å²) in [6.07, 6.45) is -4.51. The molecular formula is C22H21F3N2O2. The normalized spacial score (nSPS) is 15.0. The fraction of sp³-hybridized carbons (Fsp3) is 0.273. The fourth-order valence-corrected chi connectivity index (χ4v) is 3.21. The number of rotatable bonds is 4. The highest BCUT2D eigenvalue weighted by Gasteiger charge is 2.41. The average molecular weight is 402 g/mol. The minimum absolute atomic E-state index is 0.0220. The largest absolute Gasteiger partial charge is 0.416 e. The zero-order valence-electron chi connectivity index (χ0n) is 16.5. The summed E-state index contributed by atoms with van der Waals surface area (Å²) < 4.78 is 39.1. The Labute approximate surface area is 167 Å². The monoisotopic (exact) mass is 402 g/mol. The summed E-state index contributed by atoms with van der Waals surface area (Å²) in [5.74, 6) is -1.03. The van der Waals surface area contributed by atoms with Gasteiger partial charge < -0.3 is 5.32 Å². The zero-order chi connectivity index (χ0) is 21.5. The molecule has 0 radical (unpaired) electrons. The second-order valence-corrected chi connectivity index (χ2v) is 7.33. The highest BCUT2D eigenvalue weighted by Crippen LogP contribution is 2.34. The highest BCUT2D eigenvalue weighted by molar-refractivity contribution is 6.36. The molecule has 0 aromatic heterocycles. The summed E-state index contributed by atoms with van der Waals surface area (Å²) in [4.78, 5) is 27.1. The molecule has 1 aliphatic heterocycles. The van der Waals surface area contributed by atoms with Crippen molar-refractivity contribution in [2.45, 2.75) is 39.9 Å². The Morgan fingerprint density at radius 3 is 2.21 bits per heavy atom. The predicted molar refractivity (Wildman–Crippen MR) is 105 cm³/mol. The van der Waals surface area contributed by atoms with E-state index in [1.54, 1.807) is 26.0 Å². The van der Waals surface area contributed by atoms with Gasteiger partial charge in [0.1, 0.15) is 5.70 Å². The van der Waals surface area contributed by atoms with Crippen molar-refractivity contribution in [1.82, 2.24) is 4.90 Å². The van der Waals surface area contributed by atoms with Crippen molar-refractivity contribution in [2.75, 3.05) is 5.32 Å². The highest BCUT2D eigenvalue weighted by atomic mass is 19.4. The van der Waals surface area contributed by atoms with Crippen molar-refractivity contribution in [3.05, 3.63) is 70.4 Å². The molecule has 2 aromatic carbocycles. The molecule has 2 amide bonds. The van der Waals surface area contributed by atoms with Crippen LogP contribution in [0.2, 0.25) is 0 Å². The lowest BCUT2D eigenvalue weighted by Gasteiger charge is -2.19. The van der Waals surface area contributed by atoms with Crippen LogP contribution in [0.1, 0.15) is 36.1 Å². The predicted octanol–water partition coefficient (Wildman–Crippen LogP) is 4.92. The molecule has 0 bridgehead atoms. The average Bonchev–Trinajstić information content (AvgIpc) is 2.87. The molecule has 29 heavy (non-hydrogen) atoms. The van der Waals surface area contributed by atoms with Crippen LogP contribution in [-0.4, -0.2) is 22.8 Å². The van der Waals surface area contributed by atoms with Gasteiger partial charge in [-0.15, -0.1) is 0 Å². The van der Waals surface area contributed by atoms with E-state index in [1.807, 2.05) is 19.9 Å². The van der Waals surface area contributed by atoms with Gasteiger partial charge in [0.25, 0.3) is 11.8 Å². The first-order valence-corrected chi connectivity index (χ1v) is 9.14. The van der Waals surface area contributed by atoms with E-state index >= 15 is 0 Å². The number of nitrogens with zero attached hydrogens (tertiary/aromatic N) is 1. The van der Waals surface area contributed by atoms with E-state index in [9.17, 15) is 22.8 Å². The summed E-state index contributed by atoms with van der Waals surface area (Å²) in [5, 5.41) is 2.77. The number of carbonyl (C=O) groups excluding carboxylic acids is 2. The van der Waals surface area contributed by atoms with Crippen LogP contribution >= 0.6 is 0 Å². The molecule has 1 heterocycles. The minimum Gasteiger partial charge on any atom is -0.350 e. The van der Waals surface area contributed by atoms with Gasteiger partial charge in [-0.3, -0.25) is 14.5 Å². The van der Waals surface area contributed by atoms with E-state index in [0.717, 1.165) is 28.2 Å². The Morgan fingerprint density at radius 2 is 1.62 bits per heavy atom. The topological polar surface area (TPSA) is 49.4 Å². The molecule has 0 saturated carbocycles. The van der Waals surface area contributed by atoms with E-state index in [2.05, 4.69) is 5.32 Å². The molecule has 4 nitrogen and oxygen atoms in total. The molecule has 3 rings (SSSR count). The van der Waals surface area contributed by atoms with Crippen molar-refractivity contribution in [1.29, 1.82) is 0 Å². The SMILES string of the molecule is Cc1ccc(C2=C(Nc3cccc(C(F)(F)F)c3)C(=O)N(C(C)C)C2=O)cc1C. The van der Waals surface area contributed by atoms with Crippen LogP contribution in [0.5, 0.6) is 0 Å². The molecule has 0 saturated heterocycles. The Kier molecular flexibility index (Phi) is 5.26. The molecular weight excluding hydrogens is 381 g/mol. The lowest BCUT2D eigenvalue weighted by atomic mass is 9.99. The maximum atomic E-state index is 13.0. The third-order valence-corrected chi connectivity index (χ3v) is 4.89. The number of hydrogen-bond donors (Lipinski definition) is 1. The van der Waals surface area contributed by atoms with Crippen LogP contribution in [0.3, 0.4) is 0 Å². The fourth-order valence-electron chi connectivity index (χ4n) is 3.21. The number of amides is 2. The molecule has 1 aliphatic rings. The minimum atomic E-state index is -4.51. The molecule has 2 aromatic rings.